The molecule has 0 saturated carbocycles. The monoisotopic (exact) mass is 261 g/mol. The van der Waals surface area contributed by atoms with Crippen molar-refractivity contribution in [2.45, 2.75) is 37.5 Å². The summed E-state index contributed by atoms with van der Waals surface area (Å²) < 4.78 is 6.99. The van der Waals surface area contributed by atoms with E-state index >= 15 is 0 Å². The number of thiazole rings is 1. The van der Waals surface area contributed by atoms with Crippen LogP contribution in [-0.2, 0) is 4.74 Å². The van der Waals surface area contributed by atoms with Crippen LogP contribution in [0.1, 0.15) is 19.3 Å². The smallest absolute Gasteiger partial charge is 0.106 e. The van der Waals surface area contributed by atoms with Gasteiger partial charge in [0.05, 0.1) is 39.8 Å². The number of nitrogens with one attached hydrogen (secondary N) is 1. The molecule has 0 spiro atoms. The maximum absolute atomic E-state index is 6.18. The summed E-state index contributed by atoms with van der Waals surface area (Å²) in [5.41, 5.74) is 10.7. The number of nitrogens with zero attached hydrogens (tertiary/aromatic N) is 1. The lowest BCUT2D eigenvalue weighted by Gasteiger charge is -2.22. The molecule has 0 amide bonds. The van der Waals surface area contributed by atoms with Gasteiger partial charge < -0.3 is 15.8 Å². The number of hydrogen-bond acceptors (Lipinski definition) is 5. The summed E-state index contributed by atoms with van der Waals surface area (Å²) in [7, 11) is 0. The number of anilines is 2. The molecule has 0 aliphatic carbocycles. The second kappa shape index (κ2) is 3.83. The summed E-state index contributed by atoms with van der Waals surface area (Å²) in [5, 5.41) is 3.54. The van der Waals surface area contributed by atoms with Gasteiger partial charge in [-0.1, -0.05) is 0 Å². The van der Waals surface area contributed by atoms with Gasteiger partial charge >= 0.3 is 0 Å². The highest BCUT2D eigenvalue weighted by atomic mass is 32.1. The van der Waals surface area contributed by atoms with Gasteiger partial charge in [-0.05, 0) is 31.4 Å². The van der Waals surface area contributed by atoms with Crippen LogP contribution in [0.2, 0.25) is 0 Å². The van der Waals surface area contributed by atoms with Crippen molar-refractivity contribution in [2.24, 2.45) is 0 Å². The maximum atomic E-state index is 6.18. The van der Waals surface area contributed by atoms with Gasteiger partial charge in [0, 0.05) is 0 Å². The summed E-state index contributed by atoms with van der Waals surface area (Å²) in [6.45, 7) is 0. The van der Waals surface area contributed by atoms with Gasteiger partial charge in [0.2, 0.25) is 0 Å². The van der Waals surface area contributed by atoms with Gasteiger partial charge in [-0.3, -0.25) is 0 Å². The van der Waals surface area contributed by atoms with E-state index in [1.54, 1.807) is 11.3 Å². The Balaban J connectivity index is 1.64. The third kappa shape index (κ3) is 1.51. The van der Waals surface area contributed by atoms with Gasteiger partial charge in [0.15, 0.2) is 0 Å². The fraction of sp³-hybridized carbons (Fsp3) is 0.462. The van der Waals surface area contributed by atoms with E-state index in [0.29, 0.717) is 18.2 Å². The van der Waals surface area contributed by atoms with Crippen LogP contribution in [0.4, 0.5) is 11.4 Å². The minimum absolute atomic E-state index is 0.362. The van der Waals surface area contributed by atoms with E-state index < -0.39 is 0 Å². The second-order valence-electron chi connectivity index (χ2n) is 5.09. The van der Waals surface area contributed by atoms with Gasteiger partial charge in [0.1, 0.15) is 5.52 Å². The zero-order chi connectivity index (χ0) is 12.1. The lowest BCUT2D eigenvalue weighted by molar-refractivity contribution is 0.102. The highest BCUT2D eigenvalue weighted by molar-refractivity contribution is 7.16. The van der Waals surface area contributed by atoms with Crippen molar-refractivity contribution in [1.29, 1.82) is 0 Å². The molecule has 0 radical (unpaired) electrons. The molecular weight excluding hydrogens is 246 g/mol. The Morgan fingerprint density at radius 1 is 1.39 bits per heavy atom. The quantitative estimate of drug-likeness (QED) is 0.816. The van der Waals surface area contributed by atoms with Gasteiger partial charge in [-0.15, -0.1) is 11.3 Å². The molecule has 3 unspecified atom stereocenters. The minimum Gasteiger partial charge on any atom is -0.395 e. The molecule has 4 rings (SSSR count). The third-order valence-corrected chi connectivity index (χ3v) is 4.78. The predicted molar refractivity (Wildman–Crippen MR) is 74.0 cm³/mol. The molecule has 5 heteroatoms. The number of aromatic nitrogens is 1. The Kier molecular flexibility index (Phi) is 2.25. The topological polar surface area (TPSA) is 60.2 Å². The van der Waals surface area contributed by atoms with Gasteiger partial charge in [0.25, 0.3) is 0 Å². The van der Waals surface area contributed by atoms with Crippen LogP contribution < -0.4 is 11.1 Å². The normalized spacial score (nSPS) is 30.1. The third-order valence-electron chi connectivity index (χ3n) is 3.99. The highest BCUT2D eigenvalue weighted by Crippen LogP contribution is 2.38. The number of nitrogens with two attached hydrogens (primary N) is 1. The molecule has 2 saturated heterocycles. The molecule has 94 valence electrons. The Labute approximate surface area is 109 Å². The largest absolute Gasteiger partial charge is 0.395 e. The van der Waals surface area contributed by atoms with E-state index in [-0.39, 0.29) is 0 Å². The zero-order valence-electron chi connectivity index (χ0n) is 9.93. The van der Waals surface area contributed by atoms with Gasteiger partial charge in [-0.25, -0.2) is 4.98 Å². The van der Waals surface area contributed by atoms with E-state index in [2.05, 4.69) is 22.4 Å². The molecular formula is C13H15N3OS. The number of fused-ring (bicyclic) bond motifs is 3. The molecule has 2 aliphatic rings. The summed E-state index contributed by atoms with van der Waals surface area (Å²) >= 11 is 1.62. The molecule has 1 aromatic carbocycles. The average Bonchev–Trinajstić information content (AvgIpc) is 3.07. The summed E-state index contributed by atoms with van der Waals surface area (Å²) in [5.74, 6) is 0. The minimum atomic E-state index is 0.362. The first-order valence-electron chi connectivity index (χ1n) is 6.35. The Morgan fingerprint density at radius 2 is 2.33 bits per heavy atom. The molecule has 2 bridgehead atoms. The first kappa shape index (κ1) is 10.6. The van der Waals surface area contributed by atoms with E-state index in [1.807, 2.05) is 5.51 Å². The molecule has 4 nitrogen and oxygen atoms in total. The Bertz CT molecular complexity index is 597. The van der Waals surface area contributed by atoms with Crippen molar-refractivity contribution < 1.29 is 4.74 Å². The van der Waals surface area contributed by atoms with Crippen molar-refractivity contribution in [1.82, 2.24) is 4.98 Å². The van der Waals surface area contributed by atoms with E-state index in [9.17, 15) is 0 Å². The number of hydrogen-bond donors (Lipinski definition) is 2. The van der Waals surface area contributed by atoms with E-state index in [1.165, 1.54) is 12.8 Å². The first-order chi connectivity index (χ1) is 8.81. The molecule has 3 heterocycles. The first-order valence-corrected chi connectivity index (χ1v) is 7.23. The van der Waals surface area contributed by atoms with Crippen molar-refractivity contribution in [3.05, 3.63) is 17.6 Å². The number of ether oxygens (including phenoxy) is 1. The Morgan fingerprint density at radius 3 is 3.11 bits per heavy atom. The fourth-order valence-corrected chi connectivity index (χ4v) is 3.76. The van der Waals surface area contributed by atoms with E-state index in [0.717, 1.165) is 28.0 Å². The molecule has 18 heavy (non-hydrogen) atoms. The van der Waals surface area contributed by atoms with Crippen LogP contribution >= 0.6 is 11.3 Å². The van der Waals surface area contributed by atoms with Crippen LogP contribution in [0.15, 0.2) is 17.6 Å². The molecule has 2 aliphatic heterocycles. The molecule has 3 N–H and O–H groups in total. The average molecular weight is 261 g/mol. The van der Waals surface area contributed by atoms with Crippen molar-refractivity contribution >= 4 is 32.9 Å². The van der Waals surface area contributed by atoms with Crippen LogP contribution in [0.3, 0.4) is 0 Å². The van der Waals surface area contributed by atoms with E-state index in [4.69, 9.17) is 10.5 Å². The zero-order valence-corrected chi connectivity index (χ0v) is 10.7. The Hall–Kier alpha value is -1.33. The fourth-order valence-electron chi connectivity index (χ4n) is 3.07. The SMILES string of the molecule is Nc1c(NC2CC3CCC2O3)ccc2scnc12. The number of rotatable bonds is 2. The van der Waals surface area contributed by atoms with Crippen LogP contribution in [0.5, 0.6) is 0 Å². The summed E-state index contributed by atoms with van der Waals surface area (Å²) in [6, 6.07) is 4.55. The maximum Gasteiger partial charge on any atom is 0.106 e. The predicted octanol–water partition coefficient (Wildman–Crippen LogP) is 2.61. The summed E-state index contributed by atoms with van der Waals surface area (Å²) in [4.78, 5) is 4.32. The molecule has 2 aromatic rings. The number of benzene rings is 1. The molecule has 3 atom stereocenters. The van der Waals surface area contributed by atoms with Crippen molar-refractivity contribution in [2.75, 3.05) is 11.1 Å². The van der Waals surface area contributed by atoms with Gasteiger partial charge in [-0.2, -0.15) is 0 Å². The highest BCUT2D eigenvalue weighted by Gasteiger charge is 2.40. The lowest BCUT2D eigenvalue weighted by Crippen LogP contribution is -2.30. The lowest BCUT2D eigenvalue weighted by atomic mass is 9.95. The second-order valence-corrected chi connectivity index (χ2v) is 5.97. The van der Waals surface area contributed by atoms with Crippen LogP contribution in [0.25, 0.3) is 10.2 Å². The molecule has 1 aromatic heterocycles. The summed E-state index contributed by atoms with van der Waals surface area (Å²) in [6.07, 6.45) is 4.29. The standard InChI is InChI=1S/C13H15N3OS/c14-12-8(2-4-11-13(12)15-6-18-11)16-9-5-7-1-3-10(9)17-7/h2,4,6-7,9-10,16H,1,3,5,14H2. The number of nitrogen functional groups attached to an aromatic ring is 1. The van der Waals surface area contributed by atoms with Crippen molar-refractivity contribution in [3.63, 3.8) is 0 Å². The van der Waals surface area contributed by atoms with Crippen LogP contribution in [0, 0.1) is 0 Å². The van der Waals surface area contributed by atoms with Crippen LogP contribution in [-0.4, -0.2) is 23.2 Å². The molecule has 2 fully saturated rings. The van der Waals surface area contributed by atoms with Crippen molar-refractivity contribution in [3.8, 4) is 0 Å².